The van der Waals surface area contributed by atoms with E-state index in [2.05, 4.69) is 14.8 Å². The minimum absolute atomic E-state index is 0.0866. The number of amides is 1. The number of sulfonamides is 1. The molecule has 140 valence electrons. The number of rotatable bonds is 8. The fourth-order valence-corrected chi connectivity index (χ4v) is 3.41. The molecular formula is C16H24N2O6S. The standard InChI is InChI=1S/C16H24N2O6S/c1-10(2)8-14(16(20)24-5)18-25(21,22)12-6-7-13(17-11(3)19)15(9-12)23-4/h6-7,9-10,14,18H,8H2,1-5H3,(H,17,19). The predicted octanol–water partition coefficient (Wildman–Crippen LogP) is 1.52. The Morgan fingerprint density at radius 1 is 1.20 bits per heavy atom. The van der Waals surface area contributed by atoms with E-state index < -0.39 is 22.0 Å². The number of methoxy groups -OCH3 is 2. The molecule has 0 aliphatic carbocycles. The van der Waals surface area contributed by atoms with Crippen LogP contribution in [0.2, 0.25) is 0 Å². The Labute approximate surface area is 147 Å². The Morgan fingerprint density at radius 3 is 2.32 bits per heavy atom. The molecule has 1 atom stereocenters. The highest BCUT2D eigenvalue weighted by Gasteiger charge is 2.27. The normalized spacial score (nSPS) is 12.6. The van der Waals surface area contributed by atoms with Gasteiger partial charge in [-0.3, -0.25) is 9.59 Å². The lowest BCUT2D eigenvalue weighted by Gasteiger charge is -2.19. The van der Waals surface area contributed by atoms with Crippen molar-refractivity contribution in [2.75, 3.05) is 19.5 Å². The quantitative estimate of drug-likeness (QED) is 0.669. The third kappa shape index (κ3) is 6.02. The molecule has 8 nitrogen and oxygen atoms in total. The van der Waals surface area contributed by atoms with Gasteiger partial charge in [-0.2, -0.15) is 4.72 Å². The van der Waals surface area contributed by atoms with Crippen molar-refractivity contribution in [3.63, 3.8) is 0 Å². The van der Waals surface area contributed by atoms with Crippen LogP contribution in [0.15, 0.2) is 23.1 Å². The van der Waals surface area contributed by atoms with Gasteiger partial charge < -0.3 is 14.8 Å². The van der Waals surface area contributed by atoms with Gasteiger partial charge in [-0.25, -0.2) is 8.42 Å². The second-order valence-corrected chi connectivity index (χ2v) is 7.58. The van der Waals surface area contributed by atoms with Crippen LogP contribution in [0.25, 0.3) is 0 Å². The first-order chi connectivity index (χ1) is 11.6. The lowest BCUT2D eigenvalue weighted by atomic mass is 10.1. The summed E-state index contributed by atoms with van der Waals surface area (Å²) in [6, 6.07) is 3.03. The molecule has 2 N–H and O–H groups in total. The maximum Gasteiger partial charge on any atom is 0.323 e. The number of ether oxygens (including phenoxy) is 2. The number of hydrogen-bond donors (Lipinski definition) is 2. The molecule has 0 spiro atoms. The molecule has 0 saturated heterocycles. The van der Waals surface area contributed by atoms with E-state index >= 15 is 0 Å². The summed E-state index contributed by atoms with van der Waals surface area (Å²) in [4.78, 5) is 22.9. The molecular weight excluding hydrogens is 348 g/mol. The molecule has 25 heavy (non-hydrogen) atoms. The van der Waals surface area contributed by atoms with E-state index in [0.29, 0.717) is 12.1 Å². The second kappa shape index (κ2) is 8.82. The van der Waals surface area contributed by atoms with Gasteiger partial charge >= 0.3 is 5.97 Å². The van der Waals surface area contributed by atoms with Gasteiger partial charge in [0.1, 0.15) is 11.8 Å². The number of benzene rings is 1. The maximum atomic E-state index is 12.6. The summed E-state index contributed by atoms with van der Waals surface area (Å²) >= 11 is 0. The maximum absolute atomic E-state index is 12.6. The molecule has 9 heteroatoms. The first-order valence-corrected chi connectivity index (χ1v) is 9.14. The first-order valence-electron chi connectivity index (χ1n) is 7.66. The Morgan fingerprint density at radius 2 is 1.84 bits per heavy atom. The van der Waals surface area contributed by atoms with Gasteiger partial charge in [-0.1, -0.05) is 13.8 Å². The van der Waals surface area contributed by atoms with E-state index in [1.54, 1.807) is 0 Å². The number of esters is 1. The van der Waals surface area contributed by atoms with Crippen LogP contribution in [0, 0.1) is 5.92 Å². The molecule has 0 bridgehead atoms. The summed E-state index contributed by atoms with van der Waals surface area (Å²) in [6.07, 6.45) is 0.299. The minimum Gasteiger partial charge on any atom is -0.495 e. The van der Waals surface area contributed by atoms with Gasteiger partial charge in [0.2, 0.25) is 15.9 Å². The molecule has 0 aliphatic rings. The average molecular weight is 372 g/mol. The van der Waals surface area contributed by atoms with Gasteiger partial charge in [0.15, 0.2) is 0 Å². The van der Waals surface area contributed by atoms with Crippen molar-refractivity contribution in [3.05, 3.63) is 18.2 Å². The molecule has 1 amide bonds. The molecule has 0 radical (unpaired) electrons. The van der Waals surface area contributed by atoms with E-state index in [0.717, 1.165) is 0 Å². The molecule has 0 heterocycles. The molecule has 0 saturated carbocycles. The molecule has 1 unspecified atom stereocenters. The lowest BCUT2D eigenvalue weighted by Crippen LogP contribution is -2.42. The second-order valence-electron chi connectivity index (χ2n) is 5.87. The molecule has 1 aromatic carbocycles. The number of carbonyl (C=O) groups is 2. The SMILES string of the molecule is COC(=O)C(CC(C)C)NS(=O)(=O)c1ccc(NC(C)=O)c(OC)c1. The monoisotopic (exact) mass is 372 g/mol. The van der Waals surface area contributed by atoms with Gasteiger partial charge in [0.25, 0.3) is 0 Å². The fraction of sp³-hybridized carbons (Fsp3) is 0.500. The summed E-state index contributed by atoms with van der Waals surface area (Å²) in [7, 11) is -1.42. The van der Waals surface area contributed by atoms with E-state index in [4.69, 9.17) is 4.74 Å². The smallest absolute Gasteiger partial charge is 0.323 e. The van der Waals surface area contributed by atoms with Crippen LogP contribution in [-0.4, -0.2) is 40.6 Å². The minimum atomic E-state index is -3.98. The highest BCUT2D eigenvalue weighted by atomic mass is 32.2. The van der Waals surface area contributed by atoms with Gasteiger partial charge in [-0.05, 0) is 24.5 Å². The number of anilines is 1. The van der Waals surface area contributed by atoms with Crippen molar-refractivity contribution >= 4 is 27.6 Å². The highest BCUT2D eigenvalue weighted by Crippen LogP contribution is 2.27. The number of nitrogens with one attached hydrogen (secondary N) is 2. The number of hydrogen-bond acceptors (Lipinski definition) is 6. The highest BCUT2D eigenvalue weighted by molar-refractivity contribution is 7.89. The Balaban J connectivity index is 3.15. The van der Waals surface area contributed by atoms with Gasteiger partial charge in [-0.15, -0.1) is 0 Å². The van der Waals surface area contributed by atoms with Crippen molar-refractivity contribution in [2.45, 2.75) is 38.1 Å². The Hall–Kier alpha value is -2.13. The average Bonchev–Trinajstić information content (AvgIpc) is 2.52. The first kappa shape index (κ1) is 20.9. The molecule has 0 aromatic heterocycles. The largest absolute Gasteiger partial charge is 0.495 e. The van der Waals surface area contributed by atoms with Crippen LogP contribution < -0.4 is 14.8 Å². The number of carbonyl (C=O) groups excluding carboxylic acids is 2. The van der Waals surface area contributed by atoms with Gasteiger partial charge in [0.05, 0.1) is 24.8 Å². The van der Waals surface area contributed by atoms with Crippen molar-refractivity contribution in [1.29, 1.82) is 0 Å². The molecule has 1 rings (SSSR count). The van der Waals surface area contributed by atoms with Crippen LogP contribution in [0.3, 0.4) is 0 Å². The third-order valence-electron chi connectivity index (χ3n) is 3.28. The van der Waals surface area contributed by atoms with Crippen molar-refractivity contribution in [3.8, 4) is 5.75 Å². The summed E-state index contributed by atoms with van der Waals surface area (Å²) < 4.78 is 37.3. The van der Waals surface area contributed by atoms with E-state index in [1.165, 1.54) is 39.3 Å². The Bertz CT molecular complexity index is 730. The molecule has 0 aliphatic heterocycles. The zero-order valence-corrected chi connectivity index (χ0v) is 15.8. The fourth-order valence-electron chi connectivity index (χ4n) is 2.19. The van der Waals surface area contributed by atoms with Crippen molar-refractivity contribution < 1.29 is 27.5 Å². The third-order valence-corrected chi connectivity index (χ3v) is 4.75. The zero-order valence-electron chi connectivity index (χ0n) is 15.0. The van der Waals surface area contributed by atoms with Crippen LogP contribution in [-0.2, 0) is 24.3 Å². The lowest BCUT2D eigenvalue weighted by molar-refractivity contribution is -0.143. The summed E-state index contributed by atoms with van der Waals surface area (Å²) in [5.41, 5.74) is 0.348. The van der Waals surface area contributed by atoms with Crippen LogP contribution >= 0.6 is 0 Å². The molecule has 1 aromatic rings. The van der Waals surface area contributed by atoms with Crippen LogP contribution in [0.4, 0.5) is 5.69 Å². The van der Waals surface area contributed by atoms with Crippen LogP contribution in [0.1, 0.15) is 27.2 Å². The van der Waals surface area contributed by atoms with E-state index in [1.807, 2.05) is 13.8 Å². The van der Waals surface area contributed by atoms with Crippen molar-refractivity contribution in [1.82, 2.24) is 4.72 Å². The zero-order chi connectivity index (χ0) is 19.2. The molecule has 0 fully saturated rings. The predicted molar refractivity (Wildman–Crippen MR) is 92.9 cm³/mol. The van der Waals surface area contributed by atoms with E-state index in [-0.39, 0.29) is 22.5 Å². The summed E-state index contributed by atoms with van der Waals surface area (Å²) in [5, 5.41) is 2.54. The van der Waals surface area contributed by atoms with Crippen molar-refractivity contribution in [2.24, 2.45) is 5.92 Å². The van der Waals surface area contributed by atoms with E-state index in [9.17, 15) is 18.0 Å². The van der Waals surface area contributed by atoms with Crippen LogP contribution in [0.5, 0.6) is 5.75 Å². The Kier molecular flexibility index (Phi) is 7.38. The summed E-state index contributed by atoms with van der Waals surface area (Å²) in [5.74, 6) is -0.686. The topological polar surface area (TPSA) is 111 Å². The van der Waals surface area contributed by atoms with Gasteiger partial charge in [0, 0.05) is 13.0 Å². The summed E-state index contributed by atoms with van der Waals surface area (Å²) in [6.45, 7) is 5.07.